The zero-order valence-corrected chi connectivity index (χ0v) is 9.39. The van der Waals surface area contributed by atoms with Crippen molar-refractivity contribution < 1.29 is 14.5 Å². The summed E-state index contributed by atoms with van der Waals surface area (Å²) < 4.78 is 2.09. The van der Waals surface area contributed by atoms with Crippen molar-refractivity contribution in [1.82, 2.24) is 0 Å². The SMILES string of the molecule is C=Cc1cc[n+](CCCCCC(=O)[O-])cc1. The van der Waals surface area contributed by atoms with Crippen molar-refractivity contribution in [3.63, 3.8) is 0 Å². The summed E-state index contributed by atoms with van der Waals surface area (Å²) in [6, 6.07) is 4.02. The molecule has 0 atom stereocenters. The number of carboxylic acid groups (broad SMARTS) is 1. The first-order valence-corrected chi connectivity index (χ1v) is 5.54. The van der Waals surface area contributed by atoms with Crippen LogP contribution in [0.25, 0.3) is 6.08 Å². The molecule has 86 valence electrons. The lowest BCUT2D eigenvalue weighted by atomic mass is 10.2. The smallest absolute Gasteiger partial charge is 0.169 e. The number of aryl methyl sites for hydroxylation is 1. The molecule has 0 saturated heterocycles. The predicted octanol–water partition coefficient (Wildman–Crippen LogP) is 0.927. The Hall–Kier alpha value is -1.64. The van der Waals surface area contributed by atoms with Crippen LogP contribution < -0.4 is 9.67 Å². The van der Waals surface area contributed by atoms with Crippen LogP contribution in [0.5, 0.6) is 0 Å². The van der Waals surface area contributed by atoms with E-state index in [0.29, 0.717) is 6.42 Å². The van der Waals surface area contributed by atoms with Crippen LogP contribution in [0.2, 0.25) is 0 Å². The molecule has 0 unspecified atom stereocenters. The molecule has 0 spiro atoms. The summed E-state index contributed by atoms with van der Waals surface area (Å²) in [5.74, 6) is -0.956. The maximum absolute atomic E-state index is 10.2. The van der Waals surface area contributed by atoms with Crippen LogP contribution in [0, 0.1) is 0 Å². The quantitative estimate of drug-likeness (QED) is 0.506. The highest BCUT2D eigenvalue weighted by Crippen LogP contribution is 2.00. The Bertz CT molecular complexity index is 343. The van der Waals surface area contributed by atoms with Gasteiger partial charge < -0.3 is 9.90 Å². The second kappa shape index (κ2) is 6.77. The van der Waals surface area contributed by atoms with Crippen LogP contribution in [0.3, 0.4) is 0 Å². The van der Waals surface area contributed by atoms with Gasteiger partial charge in [0, 0.05) is 24.5 Å². The Morgan fingerprint density at radius 2 is 2.00 bits per heavy atom. The van der Waals surface area contributed by atoms with Crippen LogP contribution >= 0.6 is 0 Å². The molecule has 0 saturated carbocycles. The van der Waals surface area contributed by atoms with Crippen molar-refractivity contribution in [3.05, 3.63) is 36.7 Å². The van der Waals surface area contributed by atoms with Crippen molar-refractivity contribution in [2.75, 3.05) is 0 Å². The molecular formula is C13H17NO2. The van der Waals surface area contributed by atoms with Gasteiger partial charge in [0.2, 0.25) is 0 Å². The minimum absolute atomic E-state index is 0.167. The molecular weight excluding hydrogens is 202 g/mol. The first kappa shape index (κ1) is 12.4. The normalized spacial score (nSPS) is 10.0. The van der Waals surface area contributed by atoms with E-state index in [1.54, 1.807) is 0 Å². The number of carbonyl (C=O) groups excluding carboxylic acids is 1. The zero-order valence-electron chi connectivity index (χ0n) is 9.39. The van der Waals surface area contributed by atoms with Crippen molar-refractivity contribution in [2.45, 2.75) is 32.2 Å². The van der Waals surface area contributed by atoms with Gasteiger partial charge in [0.25, 0.3) is 0 Å². The van der Waals surface area contributed by atoms with Gasteiger partial charge in [0.05, 0.1) is 0 Å². The number of hydrogen-bond acceptors (Lipinski definition) is 2. The predicted molar refractivity (Wildman–Crippen MR) is 60.2 cm³/mol. The number of aliphatic carboxylic acids is 1. The Labute approximate surface area is 96.0 Å². The number of nitrogens with zero attached hydrogens (tertiary/aromatic N) is 1. The molecule has 0 fully saturated rings. The molecule has 0 aliphatic heterocycles. The molecule has 0 radical (unpaired) electrons. The number of unbranched alkanes of at least 4 members (excludes halogenated alkanes) is 2. The molecule has 0 aliphatic rings. The fourth-order valence-electron chi connectivity index (χ4n) is 1.49. The number of carbonyl (C=O) groups is 1. The van der Waals surface area contributed by atoms with E-state index in [0.717, 1.165) is 24.9 Å². The number of aromatic nitrogens is 1. The molecule has 1 aromatic rings. The second-order valence-electron chi connectivity index (χ2n) is 3.76. The molecule has 1 heterocycles. The third kappa shape index (κ3) is 4.73. The maximum atomic E-state index is 10.2. The molecule has 16 heavy (non-hydrogen) atoms. The fourth-order valence-corrected chi connectivity index (χ4v) is 1.49. The van der Waals surface area contributed by atoms with Crippen molar-refractivity contribution in [2.24, 2.45) is 0 Å². The second-order valence-corrected chi connectivity index (χ2v) is 3.76. The third-order valence-electron chi connectivity index (χ3n) is 2.45. The number of pyridine rings is 1. The third-order valence-corrected chi connectivity index (χ3v) is 2.45. The largest absolute Gasteiger partial charge is 0.550 e. The van der Waals surface area contributed by atoms with Gasteiger partial charge in [0.15, 0.2) is 12.4 Å². The van der Waals surface area contributed by atoms with Crippen molar-refractivity contribution >= 4 is 12.0 Å². The van der Waals surface area contributed by atoms with Gasteiger partial charge in [-0.15, -0.1) is 0 Å². The van der Waals surface area contributed by atoms with E-state index in [1.807, 2.05) is 30.6 Å². The van der Waals surface area contributed by atoms with Gasteiger partial charge in [-0.05, 0) is 24.8 Å². The lowest BCUT2D eigenvalue weighted by molar-refractivity contribution is -0.697. The van der Waals surface area contributed by atoms with E-state index in [-0.39, 0.29) is 6.42 Å². The monoisotopic (exact) mass is 219 g/mol. The molecule has 1 rings (SSSR count). The van der Waals surface area contributed by atoms with E-state index < -0.39 is 5.97 Å². The molecule has 0 amide bonds. The molecule has 3 nitrogen and oxygen atoms in total. The number of carboxylic acids is 1. The van der Waals surface area contributed by atoms with Gasteiger partial charge in [-0.25, -0.2) is 4.57 Å². The van der Waals surface area contributed by atoms with Crippen LogP contribution in [-0.2, 0) is 11.3 Å². The average Bonchev–Trinajstić information content (AvgIpc) is 2.29. The average molecular weight is 219 g/mol. The molecule has 3 heteroatoms. The summed E-state index contributed by atoms with van der Waals surface area (Å²) in [5, 5.41) is 10.2. The summed E-state index contributed by atoms with van der Waals surface area (Å²) >= 11 is 0. The first-order chi connectivity index (χ1) is 7.72. The summed E-state index contributed by atoms with van der Waals surface area (Å²) in [4.78, 5) is 10.2. The summed E-state index contributed by atoms with van der Waals surface area (Å²) in [7, 11) is 0. The number of rotatable bonds is 7. The lowest BCUT2D eigenvalue weighted by Crippen LogP contribution is -2.32. The molecule has 0 aromatic carbocycles. The Morgan fingerprint density at radius 3 is 2.56 bits per heavy atom. The lowest BCUT2D eigenvalue weighted by Gasteiger charge is -2.00. The summed E-state index contributed by atoms with van der Waals surface area (Å²) in [5.41, 5.74) is 1.10. The van der Waals surface area contributed by atoms with E-state index in [9.17, 15) is 9.90 Å². The maximum Gasteiger partial charge on any atom is 0.169 e. The molecule has 0 N–H and O–H groups in total. The highest BCUT2D eigenvalue weighted by atomic mass is 16.4. The summed E-state index contributed by atoms with van der Waals surface area (Å²) in [6.07, 6.45) is 8.61. The standard InChI is InChI=1S/C13H17NO2/c1-2-12-7-10-14(11-8-12)9-5-3-4-6-13(15)16/h2,7-8,10-11H,1,3-6,9H2. The van der Waals surface area contributed by atoms with Crippen LogP contribution in [0.15, 0.2) is 31.1 Å². The molecule has 0 aliphatic carbocycles. The molecule has 1 aromatic heterocycles. The van der Waals surface area contributed by atoms with Crippen molar-refractivity contribution in [3.8, 4) is 0 Å². The number of hydrogen-bond donors (Lipinski definition) is 0. The van der Waals surface area contributed by atoms with E-state index in [2.05, 4.69) is 11.1 Å². The van der Waals surface area contributed by atoms with E-state index in [4.69, 9.17) is 0 Å². The van der Waals surface area contributed by atoms with E-state index in [1.165, 1.54) is 0 Å². The Kier molecular flexibility index (Phi) is 5.26. The Morgan fingerprint density at radius 1 is 1.31 bits per heavy atom. The van der Waals surface area contributed by atoms with Gasteiger partial charge in [0.1, 0.15) is 6.54 Å². The summed E-state index contributed by atoms with van der Waals surface area (Å²) in [6.45, 7) is 4.61. The van der Waals surface area contributed by atoms with Gasteiger partial charge >= 0.3 is 0 Å². The van der Waals surface area contributed by atoms with Gasteiger partial charge in [-0.1, -0.05) is 12.7 Å². The van der Waals surface area contributed by atoms with Crippen LogP contribution in [-0.4, -0.2) is 5.97 Å². The minimum Gasteiger partial charge on any atom is -0.550 e. The zero-order chi connectivity index (χ0) is 11.8. The highest BCUT2D eigenvalue weighted by molar-refractivity contribution is 5.64. The first-order valence-electron chi connectivity index (χ1n) is 5.54. The Balaban J connectivity index is 2.21. The van der Waals surface area contributed by atoms with Crippen molar-refractivity contribution in [1.29, 1.82) is 0 Å². The fraction of sp³-hybridized carbons (Fsp3) is 0.385. The molecule has 0 bridgehead atoms. The van der Waals surface area contributed by atoms with E-state index >= 15 is 0 Å². The minimum atomic E-state index is -0.956. The van der Waals surface area contributed by atoms with Gasteiger partial charge in [-0.3, -0.25) is 0 Å². The van der Waals surface area contributed by atoms with Gasteiger partial charge in [-0.2, -0.15) is 0 Å². The topological polar surface area (TPSA) is 44.0 Å². The highest BCUT2D eigenvalue weighted by Gasteiger charge is 1.99. The van der Waals surface area contributed by atoms with Crippen LogP contribution in [0.1, 0.15) is 31.2 Å². The van der Waals surface area contributed by atoms with Crippen LogP contribution in [0.4, 0.5) is 0 Å².